The number of likely N-dealkylation sites (N-methyl/N-ethyl adjacent to an activating group) is 1. The van der Waals surface area contributed by atoms with Gasteiger partial charge in [0.1, 0.15) is 11.8 Å². The van der Waals surface area contributed by atoms with Crippen LogP contribution in [0.4, 0.5) is 0 Å². The van der Waals surface area contributed by atoms with Crippen LogP contribution in [0.15, 0.2) is 30.3 Å². The van der Waals surface area contributed by atoms with E-state index in [1.54, 1.807) is 4.90 Å². The zero-order valence-electron chi connectivity index (χ0n) is 17.0. The second-order valence-corrected chi connectivity index (χ2v) is 8.63. The van der Waals surface area contributed by atoms with Gasteiger partial charge in [-0.3, -0.25) is 14.5 Å². The van der Waals surface area contributed by atoms with E-state index < -0.39 is 11.8 Å². The molecule has 1 aromatic carbocycles. The SMILES string of the molecule is CC1CCC2(CC1)OCC(C(=O)N1CCN(C)CC1)N2C(=O)c1ccccc1. The van der Waals surface area contributed by atoms with E-state index in [4.69, 9.17) is 4.74 Å². The molecule has 2 saturated heterocycles. The zero-order chi connectivity index (χ0) is 19.7. The molecule has 0 N–H and O–H groups in total. The Kier molecular flexibility index (Phi) is 5.43. The summed E-state index contributed by atoms with van der Waals surface area (Å²) >= 11 is 0. The number of rotatable bonds is 2. The molecule has 4 rings (SSSR count). The van der Waals surface area contributed by atoms with Gasteiger partial charge in [-0.25, -0.2) is 0 Å². The predicted octanol–water partition coefficient (Wildman–Crippen LogP) is 2.21. The molecule has 6 heteroatoms. The predicted molar refractivity (Wildman–Crippen MR) is 107 cm³/mol. The molecule has 152 valence electrons. The number of amides is 2. The van der Waals surface area contributed by atoms with Gasteiger partial charge in [-0.15, -0.1) is 0 Å². The molecule has 1 saturated carbocycles. The molecule has 0 aromatic heterocycles. The highest BCUT2D eigenvalue weighted by Gasteiger charge is 2.54. The lowest BCUT2D eigenvalue weighted by atomic mass is 9.83. The van der Waals surface area contributed by atoms with Gasteiger partial charge in [-0.05, 0) is 50.8 Å². The van der Waals surface area contributed by atoms with E-state index in [1.807, 2.05) is 35.2 Å². The van der Waals surface area contributed by atoms with E-state index in [9.17, 15) is 9.59 Å². The summed E-state index contributed by atoms with van der Waals surface area (Å²) in [5.41, 5.74) is -0.00559. The number of carbonyl (C=O) groups excluding carboxylic acids is 2. The lowest BCUT2D eigenvalue weighted by Crippen LogP contribution is -2.59. The minimum atomic E-state index is -0.633. The topological polar surface area (TPSA) is 53.1 Å². The molecule has 2 aliphatic heterocycles. The fourth-order valence-corrected chi connectivity index (χ4v) is 4.73. The number of carbonyl (C=O) groups is 2. The number of ether oxygens (including phenoxy) is 1. The quantitative estimate of drug-likeness (QED) is 0.783. The van der Waals surface area contributed by atoms with Crippen LogP contribution in [0.1, 0.15) is 43.0 Å². The van der Waals surface area contributed by atoms with E-state index in [1.165, 1.54) is 0 Å². The average Bonchev–Trinajstić information content (AvgIpc) is 3.09. The summed E-state index contributed by atoms with van der Waals surface area (Å²) in [5.74, 6) is 0.586. The maximum atomic E-state index is 13.5. The average molecular weight is 386 g/mol. The van der Waals surface area contributed by atoms with Crippen molar-refractivity contribution in [1.29, 1.82) is 0 Å². The first-order valence-electron chi connectivity index (χ1n) is 10.5. The lowest BCUT2D eigenvalue weighted by Gasteiger charge is -2.44. The van der Waals surface area contributed by atoms with Crippen LogP contribution in [0, 0.1) is 5.92 Å². The molecule has 3 fully saturated rings. The Morgan fingerprint density at radius 1 is 1.04 bits per heavy atom. The van der Waals surface area contributed by atoms with Gasteiger partial charge in [0.15, 0.2) is 0 Å². The van der Waals surface area contributed by atoms with Gasteiger partial charge < -0.3 is 14.5 Å². The second kappa shape index (κ2) is 7.84. The Hall–Kier alpha value is -1.92. The Morgan fingerprint density at radius 2 is 1.68 bits per heavy atom. The molecule has 1 aromatic rings. The van der Waals surface area contributed by atoms with Crippen LogP contribution in [0.5, 0.6) is 0 Å². The van der Waals surface area contributed by atoms with Gasteiger partial charge in [0.2, 0.25) is 5.91 Å². The van der Waals surface area contributed by atoms with Crippen LogP contribution in [-0.2, 0) is 9.53 Å². The Labute approximate surface area is 167 Å². The van der Waals surface area contributed by atoms with Crippen molar-refractivity contribution in [3.05, 3.63) is 35.9 Å². The van der Waals surface area contributed by atoms with Gasteiger partial charge in [0.25, 0.3) is 5.91 Å². The molecule has 3 aliphatic rings. The summed E-state index contributed by atoms with van der Waals surface area (Å²) in [6.07, 6.45) is 3.65. The molecule has 2 amide bonds. The second-order valence-electron chi connectivity index (χ2n) is 8.63. The Bertz CT molecular complexity index is 707. The van der Waals surface area contributed by atoms with Crippen molar-refractivity contribution in [2.45, 2.75) is 44.4 Å². The normalized spacial score (nSPS) is 31.4. The number of benzene rings is 1. The minimum Gasteiger partial charge on any atom is -0.353 e. The summed E-state index contributed by atoms with van der Waals surface area (Å²) in [7, 11) is 2.07. The first-order chi connectivity index (χ1) is 13.5. The molecule has 0 bridgehead atoms. The largest absolute Gasteiger partial charge is 0.353 e. The summed E-state index contributed by atoms with van der Waals surface area (Å²) in [5, 5.41) is 0. The van der Waals surface area contributed by atoms with Crippen LogP contribution in [0.25, 0.3) is 0 Å². The van der Waals surface area contributed by atoms with Crippen molar-refractivity contribution >= 4 is 11.8 Å². The first-order valence-corrected chi connectivity index (χ1v) is 10.5. The Balaban J connectivity index is 1.62. The van der Waals surface area contributed by atoms with E-state index >= 15 is 0 Å². The van der Waals surface area contributed by atoms with E-state index in [-0.39, 0.29) is 11.8 Å². The summed E-state index contributed by atoms with van der Waals surface area (Å²) < 4.78 is 6.28. The van der Waals surface area contributed by atoms with Crippen LogP contribution in [-0.4, -0.2) is 78.1 Å². The van der Waals surface area contributed by atoms with E-state index in [2.05, 4.69) is 18.9 Å². The fraction of sp³-hybridized carbons (Fsp3) is 0.636. The molecule has 28 heavy (non-hydrogen) atoms. The smallest absolute Gasteiger partial charge is 0.256 e. The van der Waals surface area contributed by atoms with Crippen LogP contribution in [0.2, 0.25) is 0 Å². The van der Waals surface area contributed by atoms with Crippen molar-refractivity contribution in [3.8, 4) is 0 Å². The van der Waals surface area contributed by atoms with Gasteiger partial charge in [0, 0.05) is 31.7 Å². The third kappa shape index (κ3) is 3.55. The number of nitrogens with zero attached hydrogens (tertiary/aromatic N) is 3. The first kappa shape index (κ1) is 19.4. The molecular weight excluding hydrogens is 354 g/mol. The van der Waals surface area contributed by atoms with Crippen molar-refractivity contribution in [1.82, 2.24) is 14.7 Å². The molecule has 6 nitrogen and oxygen atoms in total. The van der Waals surface area contributed by atoms with E-state index in [0.29, 0.717) is 31.2 Å². The van der Waals surface area contributed by atoms with Crippen LogP contribution >= 0.6 is 0 Å². The number of hydrogen-bond donors (Lipinski definition) is 0. The number of hydrogen-bond acceptors (Lipinski definition) is 4. The summed E-state index contributed by atoms with van der Waals surface area (Å²) in [6.45, 7) is 5.71. The Morgan fingerprint density at radius 3 is 2.32 bits per heavy atom. The maximum absolute atomic E-state index is 13.5. The molecule has 0 radical (unpaired) electrons. The van der Waals surface area contributed by atoms with Gasteiger partial charge in [-0.1, -0.05) is 25.1 Å². The maximum Gasteiger partial charge on any atom is 0.256 e. The third-order valence-corrected chi connectivity index (χ3v) is 6.66. The summed E-state index contributed by atoms with van der Waals surface area (Å²) in [4.78, 5) is 32.8. The van der Waals surface area contributed by atoms with Crippen molar-refractivity contribution in [3.63, 3.8) is 0 Å². The van der Waals surface area contributed by atoms with Gasteiger partial charge in [0.05, 0.1) is 6.61 Å². The summed E-state index contributed by atoms with van der Waals surface area (Å²) in [6, 6.07) is 8.79. The third-order valence-electron chi connectivity index (χ3n) is 6.66. The van der Waals surface area contributed by atoms with Crippen LogP contribution < -0.4 is 0 Å². The molecule has 1 spiro atoms. The molecule has 1 unspecified atom stereocenters. The lowest BCUT2D eigenvalue weighted by molar-refractivity contribution is -0.139. The molecular formula is C22H31N3O3. The standard InChI is InChI=1S/C22H31N3O3/c1-17-8-10-22(11-9-17)25(20(26)18-6-4-3-5-7-18)19(16-28-22)21(27)24-14-12-23(2)13-15-24/h3-7,17,19H,8-16H2,1-2H3. The van der Waals surface area contributed by atoms with Gasteiger partial charge >= 0.3 is 0 Å². The highest BCUT2D eigenvalue weighted by Crippen LogP contribution is 2.43. The molecule has 2 heterocycles. The van der Waals surface area contributed by atoms with E-state index in [0.717, 1.165) is 38.8 Å². The van der Waals surface area contributed by atoms with Crippen molar-refractivity contribution < 1.29 is 14.3 Å². The molecule has 1 atom stereocenters. The van der Waals surface area contributed by atoms with Crippen molar-refractivity contribution in [2.24, 2.45) is 5.92 Å². The monoisotopic (exact) mass is 385 g/mol. The minimum absolute atomic E-state index is 0.0351. The highest BCUT2D eigenvalue weighted by molar-refractivity contribution is 5.98. The van der Waals surface area contributed by atoms with Crippen molar-refractivity contribution in [2.75, 3.05) is 39.8 Å². The highest BCUT2D eigenvalue weighted by atomic mass is 16.5. The van der Waals surface area contributed by atoms with Crippen LogP contribution in [0.3, 0.4) is 0 Å². The molecule has 1 aliphatic carbocycles. The fourth-order valence-electron chi connectivity index (χ4n) is 4.73. The number of piperazine rings is 1. The zero-order valence-corrected chi connectivity index (χ0v) is 17.0. The van der Waals surface area contributed by atoms with Gasteiger partial charge in [-0.2, -0.15) is 0 Å².